The maximum Gasteiger partial charge on any atom is 0.115 e. The van der Waals surface area contributed by atoms with Crippen LogP contribution in [0, 0.1) is 6.92 Å². The first-order valence-corrected chi connectivity index (χ1v) is 5.21. The van der Waals surface area contributed by atoms with Crippen LogP contribution < -0.4 is 5.32 Å². The minimum Gasteiger partial charge on any atom is -0.508 e. The molecule has 0 unspecified atom stereocenters. The molecule has 3 nitrogen and oxygen atoms in total. The molecule has 0 aliphatic heterocycles. The van der Waals surface area contributed by atoms with Crippen molar-refractivity contribution in [1.29, 1.82) is 0 Å². The summed E-state index contributed by atoms with van der Waals surface area (Å²) in [5.74, 6) is 0.306. The van der Waals surface area contributed by atoms with Gasteiger partial charge in [0.05, 0.1) is 0 Å². The van der Waals surface area contributed by atoms with Crippen molar-refractivity contribution in [3.05, 3.63) is 36.8 Å². The molecule has 0 saturated carbocycles. The quantitative estimate of drug-likeness (QED) is 0.490. The van der Waals surface area contributed by atoms with Gasteiger partial charge in [0, 0.05) is 0 Å². The van der Waals surface area contributed by atoms with Gasteiger partial charge in [0.15, 0.2) is 0 Å². The Bertz CT molecular complexity index is 269. The second-order valence-electron chi connectivity index (χ2n) is 3.59. The van der Waals surface area contributed by atoms with E-state index in [9.17, 15) is 0 Å². The summed E-state index contributed by atoms with van der Waals surface area (Å²) in [4.78, 5) is 0. The molecule has 0 saturated heterocycles. The van der Waals surface area contributed by atoms with Crippen LogP contribution in [-0.2, 0) is 6.42 Å². The molecule has 0 aromatic heterocycles. The number of aryl methyl sites for hydroxylation is 1. The summed E-state index contributed by atoms with van der Waals surface area (Å²) in [6, 6.07) is 7.26. The minimum absolute atomic E-state index is 0.306. The highest BCUT2D eigenvalue weighted by atomic mass is 16.3. The van der Waals surface area contributed by atoms with Crippen LogP contribution in [0.1, 0.15) is 18.4 Å². The van der Waals surface area contributed by atoms with E-state index in [1.54, 1.807) is 12.1 Å². The third-order valence-corrected chi connectivity index (χ3v) is 2.21. The monoisotopic (exact) mass is 208 g/mol. The Balaban J connectivity index is 2.12. The van der Waals surface area contributed by atoms with Gasteiger partial charge >= 0.3 is 0 Å². The SMILES string of the molecule is [CH2][C@H](O)NCCCCc1ccc(O)cc1. The van der Waals surface area contributed by atoms with Crippen molar-refractivity contribution in [3.63, 3.8) is 0 Å². The summed E-state index contributed by atoms with van der Waals surface area (Å²) in [6.45, 7) is 4.20. The Kier molecular flexibility index (Phi) is 5.15. The molecule has 0 aliphatic carbocycles. The normalized spacial score (nSPS) is 12.7. The van der Waals surface area contributed by atoms with Crippen LogP contribution in [0.15, 0.2) is 24.3 Å². The van der Waals surface area contributed by atoms with Crippen molar-refractivity contribution in [3.8, 4) is 5.75 Å². The molecule has 1 atom stereocenters. The molecule has 15 heavy (non-hydrogen) atoms. The van der Waals surface area contributed by atoms with Crippen LogP contribution in [-0.4, -0.2) is 23.0 Å². The number of aliphatic hydroxyl groups excluding tert-OH is 1. The molecule has 1 aromatic rings. The molecule has 1 radical (unpaired) electrons. The highest BCUT2D eigenvalue weighted by molar-refractivity contribution is 5.25. The smallest absolute Gasteiger partial charge is 0.115 e. The molecule has 0 spiro atoms. The number of phenols is 1. The molecule has 1 rings (SSSR count). The molecule has 1 aromatic carbocycles. The van der Waals surface area contributed by atoms with Crippen molar-refractivity contribution in [2.45, 2.75) is 25.5 Å². The third-order valence-electron chi connectivity index (χ3n) is 2.21. The molecule has 0 heterocycles. The number of unbranched alkanes of at least 4 members (excludes halogenated alkanes) is 1. The molecule has 83 valence electrons. The van der Waals surface area contributed by atoms with E-state index in [1.165, 1.54) is 5.56 Å². The highest BCUT2D eigenvalue weighted by Gasteiger charge is 1.95. The van der Waals surface area contributed by atoms with Crippen LogP contribution >= 0.6 is 0 Å². The molecule has 3 N–H and O–H groups in total. The number of hydrogen-bond acceptors (Lipinski definition) is 3. The zero-order valence-electron chi connectivity index (χ0n) is 8.82. The second kappa shape index (κ2) is 6.43. The largest absolute Gasteiger partial charge is 0.508 e. The molecular formula is C12H18NO2. The lowest BCUT2D eigenvalue weighted by Crippen LogP contribution is -2.26. The maximum atomic E-state index is 9.08. The van der Waals surface area contributed by atoms with E-state index in [4.69, 9.17) is 10.2 Å². The lowest BCUT2D eigenvalue weighted by Gasteiger charge is -2.06. The summed E-state index contributed by atoms with van der Waals surface area (Å²) in [5.41, 5.74) is 1.22. The van der Waals surface area contributed by atoms with Crippen molar-refractivity contribution >= 4 is 0 Å². The molecule has 3 heteroatoms. The number of aromatic hydroxyl groups is 1. The van der Waals surface area contributed by atoms with E-state index in [2.05, 4.69) is 12.2 Å². The summed E-state index contributed by atoms with van der Waals surface area (Å²) in [6.07, 6.45) is 2.39. The topological polar surface area (TPSA) is 52.5 Å². The van der Waals surface area contributed by atoms with Crippen LogP contribution in [0.3, 0.4) is 0 Å². The van der Waals surface area contributed by atoms with E-state index in [0.717, 1.165) is 25.8 Å². The minimum atomic E-state index is -0.668. The van der Waals surface area contributed by atoms with Crippen LogP contribution in [0.2, 0.25) is 0 Å². The zero-order valence-corrected chi connectivity index (χ0v) is 8.82. The van der Waals surface area contributed by atoms with E-state index in [-0.39, 0.29) is 0 Å². The van der Waals surface area contributed by atoms with Crippen LogP contribution in [0.5, 0.6) is 5.75 Å². The number of hydrogen-bond donors (Lipinski definition) is 3. The second-order valence-corrected chi connectivity index (χ2v) is 3.59. The van der Waals surface area contributed by atoms with Gasteiger partial charge in [-0.15, -0.1) is 0 Å². The predicted octanol–water partition coefficient (Wildman–Crippen LogP) is 1.46. The van der Waals surface area contributed by atoms with E-state index < -0.39 is 6.23 Å². The van der Waals surface area contributed by atoms with Gasteiger partial charge in [-0.05, 0) is 50.4 Å². The van der Waals surface area contributed by atoms with Crippen LogP contribution in [0.4, 0.5) is 0 Å². The molecule has 0 amide bonds. The number of phenolic OH excluding ortho intramolecular Hbond substituents is 1. The van der Waals surface area contributed by atoms with Crippen molar-refractivity contribution < 1.29 is 10.2 Å². The summed E-state index contributed by atoms with van der Waals surface area (Å²) >= 11 is 0. The number of rotatable bonds is 6. The van der Waals surface area contributed by atoms with Gasteiger partial charge in [0.25, 0.3) is 0 Å². The average molecular weight is 208 g/mol. The van der Waals surface area contributed by atoms with Gasteiger partial charge < -0.3 is 10.2 Å². The van der Waals surface area contributed by atoms with Gasteiger partial charge in [0.1, 0.15) is 12.0 Å². The highest BCUT2D eigenvalue weighted by Crippen LogP contribution is 2.11. The Morgan fingerprint density at radius 1 is 1.20 bits per heavy atom. The summed E-state index contributed by atoms with van der Waals surface area (Å²) in [5, 5.41) is 20.8. The first-order chi connectivity index (χ1) is 7.18. The molecule has 0 fully saturated rings. The molecule has 0 bridgehead atoms. The van der Waals surface area contributed by atoms with E-state index in [0.29, 0.717) is 5.75 Å². The lowest BCUT2D eigenvalue weighted by molar-refractivity contribution is 0.181. The van der Waals surface area contributed by atoms with Gasteiger partial charge in [-0.3, -0.25) is 5.32 Å². The number of benzene rings is 1. The van der Waals surface area contributed by atoms with E-state index in [1.807, 2.05) is 12.1 Å². The van der Waals surface area contributed by atoms with Crippen molar-refractivity contribution in [1.82, 2.24) is 5.32 Å². The lowest BCUT2D eigenvalue weighted by atomic mass is 10.1. The Hall–Kier alpha value is -1.06. The Morgan fingerprint density at radius 3 is 2.47 bits per heavy atom. The fourth-order valence-corrected chi connectivity index (χ4v) is 1.39. The Morgan fingerprint density at radius 2 is 1.87 bits per heavy atom. The van der Waals surface area contributed by atoms with Crippen molar-refractivity contribution in [2.75, 3.05) is 6.54 Å². The standard InChI is InChI=1S/C12H18NO2/c1-10(14)13-9-3-2-4-11-5-7-12(15)8-6-11/h5-8,10,13-15H,1-4,9H2/t10-/m0/s1. The van der Waals surface area contributed by atoms with Gasteiger partial charge in [-0.2, -0.15) is 0 Å². The first kappa shape index (κ1) is 12.0. The number of aliphatic hydroxyl groups is 1. The fraction of sp³-hybridized carbons (Fsp3) is 0.417. The molecule has 0 aliphatic rings. The van der Waals surface area contributed by atoms with Gasteiger partial charge in [0.2, 0.25) is 0 Å². The number of nitrogens with one attached hydrogen (secondary N) is 1. The zero-order chi connectivity index (χ0) is 11.1. The maximum absolute atomic E-state index is 9.08. The van der Waals surface area contributed by atoms with E-state index >= 15 is 0 Å². The predicted molar refractivity (Wildman–Crippen MR) is 60.4 cm³/mol. The summed E-state index contributed by atoms with van der Waals surface area (Å²) < 4.78 is 0. The van der Waals surface area contributed by atoms with Crippen LogP contribution in [0.25, 0.3) is 0 Å². The average Bonchev–Trinajstić information content (AvgIpc) is 2.20. The first-order valence-electron chi connectivity index (χ1n) is 5.21. The van der Waals surface area contributed by atoms with Gasteiger partial charge in [-0.1, -0.05) is 12.1 Å². The fourth-order valence-electron chi connectivity index (χ4n) is 1.39. The third kappa shape index (κ3) is 5.40. The molecular weight excluding hydrogens is 190 g/mol. The summed E-state index contributed by atoms with van der Waals surface area (Å²) in [7, 11) is 0. The Labute approximate surface area is 90.8 Å². The van der Waals surface area contributed by atoms with Crippen molar-refractivity contribution in [2.24, 2.45) is 0 Å². The van der Waals surface area contributed by atoms with Gasteiger partial charge in [-0.25, -0.2) is 0 Å².